The first-order chi connectivity index (χ1) is 15.1. The van der Waals surface area contributed by atoms with E-state index in [1.807, 2.05) is 30.7 Å². The molecule has 1 amide bonds. The lowest BCUT2D eigenvalue weighted by molar-refractivity contribution is 0.102. The van der Waals surface area contributed by atoms with Crippen LogP contribution in [0, 0.1) is 13.8 Å². The van der Waals surface area contributed by atoms with Gasteiger partial charge < -0.3 is 10.4 Å². The first-order valence-electron chi connectivity index (χ1n) is 10.4. The van der Waals surface area contributed by atoms with Crippen LogP contribution in [0.25, 0.3) is 0 Å². The number of carbonyl (C=O) groups excluding carboxylic acids is 1. The summed E-state index contributed by atoms with van der Waals surface area (Å²) >= 11 is 0. The molecule has 1 heterocycles. The van der Waals surface area contributed by atoms with Gasteiger partial charge in [-0.15, -0.1) is 0 Å². The van der Waals surface area contributed by atoms with E-state index >= 15 is 0 Å². The maximum Gasteiger partial charge on any atom is 0.255 e. The topological polar surface area (TPSA) is 105 Å². The molecule has 3 rings (SSSR count). The number of amides is 1. The second-order valence-corrected chi connectivity index (χ2v) is 9.45. The van der Waals surface area contributed by atoms with Crippen LogP contribution in [-0.2, 0) is 16.6 Å². The minimum absolute atomic E-state index is 0.00702. The van der Waals surface area contributed by atoms with E-state index in [9.17, 15) is 18.3 Å². The summed E-state index contributed by atoms with van der Waals surface area (Å²) in [6, 6.07) is 12.9. The Morgan fingerprint density at radius 3 is 2.44 bits per heavy atom. The lowest BCUT2D eigenvalue weighted by Gasteiger charge is -2.19. The third-order valence-corrected chi connectivity index (χ3v) is 7.23. The monoisotopic (exact) mass is 456 g/mol. The highest BCUT2D eigenvalue weighted by Gasteiger charge is 2.23. The zero-order valence-corrected chi connectivity index (χ0v) is 19.5. The summed E-state index contributed by atoms with van der Waals surface area (Å²) in [4.78, 5) is 12.9. The third kappa shape index (κ3) is 5.00. The number of sulfonamides is 1. The number of nitrogens with one attached hydrogen (secondary N) is 1. The van der Waals surface area contributed by atoms with Gasteiger partial charge in [0, 0.05) is 24.3 Å². The summed E-state index contributed by atoms with van der Waals surface area (Å²) < 4.78 is 28.7. The zero-order chi connectivity index (χ0) is 23.5. The van der Waals surface area contributed by atoms with Crippen LogP contribution in [0.4, 0.5) is 5.69 Å². The molecule has 0 bridgehead atoms. The summed E-state index contributed by atoms with van der Waals surface area (Å²) in [5.74, 6) is -0.663. The van der Waals surface area contributed by atoms with Gasteiger partial charge in [0.1, 0.15) is 5.75 Å². The van der Waals surface area contributed by atoms with E-state index in [2.05, 4.69) is 10.4 Å². The van der Waals surface area contributed by atoms with Crippen molar-refractivity contribution in [1.82, 2.24) is 14.1 Å². The van der Waals surface area contributed by atoms with Gasteiger partial charge in [0.2, 0.25) is 10.0 Å². The van der Waals surface area contributed by atoms with Crippen LogP contribution in [0.1, 0.15) is 41.2 Å². The molecule has 170 valence electrons. The van der Waals surface area contributed by atoms with Crippen molar-refractivity contribution in [3.63, 3.8) is 0 Å². The number of carbonyl (C=O) groups is 1. The fourth-order valence-electron chi connectivity index (χ4n) is 3.50. The zero-order valence-electron chi connectivity index (χ0n) is 18.7. The van der Waals surface area contributed by atoms with Crippen molar-refractivity contribution in [2.45, 2.75) is 39.1 Å². The molecule has 2 N–H and O–H groups in total. The molecule has 0 aliphatic carbocycles. The average molecular weight is 457 g/mol. The number of hydrogen-bond donors (Lipinski definition) is 2. The number of aromatic nitrogens is 2. The van der Waals surface area contributed by atoms with E-state index in [4.69, 9.17) is 0 Å². The molecule has 0 unspecified atom stereocenters. The Labute approximate surface area is 188 Å². The van der Waals surface area contributed by atoms with E-state index in [-0.39, 0.29) is 16.3 Å². The van der Waals surface area contributed by atoms with Crippen molar-refractivity contribution in [2.24, 2.45) is 0 Å². The van der Waals surface area contributed by atoms with Crippen LogP contribution in [0.15, 0.2) is 53.4 Å². The van der Waals surface area contributed by atoms with Gasteiger partial charge in [-0.25, -0.2) is 8.42 Å². The average Bonchev–Trinajstić information content (AvgIpc) is 3.06. The van der Waals surface area contributed by atoms with Gasteiger partial charge in [0.05, 0.1) is 22.8 Å². The molecular formula is C23H28N4O4S. The molecule has 9 heteroatoms. The molecule has 2 aromatic carbocycles. The van der Waals surface area contributed by atoms with Gasteiger partial charge in [-0.1, -0.05) is 26.0 Å². The van der Waals surface area contributed by atoms with Gasteiger partial charge in [-0.2, -0.15) is 9.40 Å². The van der Waals surface area contributed by atoms with Crippen LogP contribution >= 0.6 is 0 Å². The molecule has 0 saturated heterocycles. The van der Waals surface area contributed by atoms with Crippen LogP contribution in [-0.4, -0.2) is 46.6 Å². The summed E-state index contributed by atoms with van der Waals surface area (Å²) in [5, 5.41) is 17.3. The van der Waals surface area contributed by atoms with Crippen molar-refractivity contribution in [2.75, 3.05) is 18.4 Å². The Hall–Kier alpha value is -3.17. The normalized spacial score (nSPS) is 11.7. The minimum Gasteiger partial charge on any atom is -0.506 e. The number of hydrogen-bond acceptors (Lipinski definition) is 5. The molecule has 0 saturated carbocycles. The number of nitrogens with zero attached hydrogens (tertiary/aromatic N) is 3. The molecule has 0 aliphatic heterocycles. The first-order valence-corrected chi connectivity index (χ1v) is 11.8. The van der Waals surface area contributed by atoms with Crippen molar-refractivity contribution >= 4 is 21.6 Å². The molecule has 32 heavy (non-hydrogen) atoms. The molecule has 0 atom stereocenters. The number of aromatic hydroxyl groups is 1. The van der Waals surface area contributed by atoms with Gasteiger partial charge in [0.25, 0.3) is 5.91 Å². The predicted octanol–water partition coefficient (Wildman–Crippen LogP) is 3.54. The highest BCUT2D eigenvalue weighted by molar-refractivity contribution is 7.89. The second kappa shape index (κ2) is 9.54. The van der Waals surface area contributed by atoms with Crippen molar-refractivity contribution in [3.05, 3.63) is 71.0 Å². The Balaban J connectivity index is 1.84. The first kappa shape index (κ1) is 23.5. The Morgan fingerprint density at radius 1 is 1.09 bits per heavy atom. The number of rotatable bonds is 8. The maximum atomic E-state index is 12.8. The molecule has 8 nitrogen and oxygen atoms in total. The summed E-state index contributed by atoms with van der Waals surface area (Å²) in [5.41, 5.74) is 3.26. The van der Waals surface area contributed by atoms with E-state index in [1.165, 1.54) is 22.5 Å². The molecular weight excluding hydrogens is 428 g/mol. The standard InChI is InChI=1S/C23H28N4O4S/c1-5-26(6-2)32(30,31)20-10-11-22(28)21(14-20)24-23(29)19-9-7-8-18(13-19)15-27-17(4)12-16(3)25-27/h7-14,28H,5-6,15H2,1-4H3,(H,24,29). The van der Waals surface area contributed by atoms with Gasteiger partial charge in [-0.3, -0.25) is 9.48 Å². The molecule has 0 spiro atoms. The van der Waals surface area contributed by atoms with Crippen LogP contribution < -0.4 is 5.32 Å². The third-order valence-electron chi connectivity index (χ3n) is 5.18. The second-order valence-electron chi connectivity index (χ2n) is 7.51. The lowest BCUT2D eigenvalue weighted by atomic mass is 10.1. The van der Waals surface area contributed by atoms with Crippen LogP contribution in [0.5, 0.6) is 5.75 Å². The Kier molecular flexibility index (Phi) is 7.00. The van der Waals surface area contributed by atoms with Crippen LogP contribution in [0.3, 0.4) is 0 Å². The van der Waals surface area contributed by atoms with Crippen molar-refractivity contribution in [1.29, 1.82) is 0 Å². The fourth-order valence-corrected chi connectivity index (χ4v) is 4.99. The highest BCUT2D eigenvalue weighted by atomic mass is 32.2. The minimum atomic E-state index is -3.72. The number of phenols is 1. The fraction of sp³-hybridized carbons (Fsp3) is 0.304. The Morgan fingerprint density at radius 2 is 1.81 bits per heavy atom. The van der Waals surface area contributed by atoms with E-state index < -0.39 is 15.9 Å². The SMILES string of the molecule is CCN(CC)S(=O)(=O)c1ccc(O)c(NC(=O)c2cccc(Cn3nc(C)cc3C)c2)c1. The largest absolute Gasteiger partial charge is 0.506 e. The highest BCUT2D eigenvalue weighted by Crippen LogP contribution is 2.28. The molecule has 0 radical (unpaired) electrons. The van der Waals surface area contributed by atoms with Gasteiger partial charge >= 0.3 is 0 Å². The lowest BCUT2D eigenvalue weighted by Crippen LogP contribution is -2.30. The number of aryl methyl sites for hydroxylation is 2. The summed E-state index contributed by atoms with van der Waals surface area (Å²) in [6.45, 7) is 8.57. The molecule has 1 aromatic heterocycles. The number of anilines is 1. The summed E-state index contributed by atoms with van der Waals surface area (Å²) in [7, 11) is -3.72. The van der Waals surface area contributed by atoms with Gasteiger partial charge in [-0.05, 0) is 55.8 Å². The Bertz CT molecular complexity index is 1230. The summed E-state index contributed by atoms with van der Waals surface area (Å²) in [6.07, 6.45) is 0. The smallest absolute Gasteiger partial charge is 0.255 e. The van der Waals surface area contributed by atoms with E-state index in [0.717, 1.165) is 17.0 Å². The molecule has 3 aromatic rings. The van der Waals surface area contributed by atoms with Crippen LogP contribution in [0.2, 0.25) is 0 Å². The van der Waals surface area contributed by atoms with E-state index in [1.54, 1.807) is 32.0 Å². The van der Waals surface area contributed by atoms with Crippen molar-refractivity contribution in [3.8, 4) is 5.75 Å². The molecule has 0 fully saturated rings. The van der Waals surface area contributed by atoms with Crippen molar-refractivity contribution < 1.29 is 18.3 Å². The van der Waals surface area contributed by atoms with Gasteiger partial charge in [0.15, 0.2) is 0 Å². The van der Waals surface area contributed by atoms with E-state index in [0.29, 0.717) is 25.2 Å². The quantitative estimate of drug-likeness (QED) is 0.505. The predicted molar refractivity (Wildman–Crippen MR) is 123 cm³/mol. The molecule has 0 aliphatic rings. The number of phenolic OH excluding ortho intramolecular Hbond substituents is 1. The maximum absolute atomic E-state index is 12.8. The number of benzene rings is 2.